The van der Waals surface area contributed by atoms with E-state index in [0.29, 0.717) is 12.2 Å². The normalized spacial score (nSPS) is 15.4. The van der Waals surface area contributed by atoms with Crippen LogP contribution < -0.4 is 10.1 Å². The van der Waals surface area contributed by atoms with Crippen molar-refractivity contribution in [3.05, 3.63) is 78.1 Å². The van der Waals surface area contributed by atoms with Crippen molar-refractivity contribution in [2.24, 2.45) is 0 Å². The number of hydrogen-bond acceptors (Lipinski definition) is 5. The number of carbonyl (C=O) groups excluding carboxylic acids is 2. The Labute approximate surface area is 185 Å². The molecule has 0 spiro atoms. The number of likely N-dealkylation sites (tertiary alicyclic amines) is 1. The van der Waals surface area contributed by atoms with Crippen LogP contribution in [0.2, 0.25) is 0 Å². The van der Waals surface area contributed by atoms with Crippen molar-refractivity contribution >= 4 is 11.8 Å². The first-order chi connectivity index (χ1) is 15.6. The highest BCUT2D eigenvalue weighted by Crippen LogP contribution is 2.32. The Kier molecular flexibility index (Phi) is 6.39. The second-order valence-corrected chi connectivity index (χ2v) is 7.45. The maximum absolute atomic E-state index is 13.7. The van der Waals surface area contributed by atoms with E-state index >= 15 is 0 Å². The molecule has 1 aliphatic rings. The van der Waals surface area contributed by atoms with Gasteiger partial charge in [-0.15, -0.1) is 0 Å². The van der Waals surface area contributed by atoms with Crippen LogP contribution in [0.3, 0.4) is 0 Å². The van der Waals surface area contributed by atoms with Crippen molar-refractivity contribution < 1.29 is 18.7 Å². The van der Waals surface area contributed by atoms with Crippen LogP contribution in [0.15, 0.2) is 60.9 Å². The van der Waals surface area contributed by atoms with E-state index in [1.807, 2.05) is 18.2 Å². The third-order valence-electron chi connectivity index (χ3n) is 5.45. The minimum atomic E-state index is -0.492. The van der Waals surface area contributed by atoms with Gasteiger partial charge in [-0.1, -0.05) is 24.3 Å². The largest absolute Gasteiger partial charge is 0.481 e. The molecule has 2 amide bonds. The Bertz CT molecular complexity index is 1100. The number of hydrogen-bond donors (Lipinski definition) is 1. The third-order valence-corrected chi connectivity index (χ3v) is 5.45. The molecule has 32 heavy (non-hydrogen) atoms. The van der Waals surface area contributed by atoms with Crippen LogP contribution in [0.1, 0.15) is 35.1 Å². The average molecular weight is 434 g/mol. The molecule has 1 atom stereocenters. The van der Waals surface area contributed by atoms with E-state index in [1.165, 1.54) is 12.1 Å². The van der Waals surface area contributed by atoms with Gasteiger partial charge >= 0.3 is 0 Å². The first kappa shape index (κ1) is 21.4. The van der Waals surface area contributed by atoms with Gasteiger partial charge in [-0.05, 0) is 37.1 Å². The van der Waals surface area contributed by atoms with Crippen LogP contribution >= 0.6 is 0 Å². The fourth-order valence-corrected chi connectivity index (χ4v) is 3.76. The first-order valence-electron chi connectivity index (χ1n) is 10.4. The number of benzene rings is 1. The van der Waals surface area contributed by atoms with E-state index < -0.39 is 5.82 Å². The van der Waals surface area contributed by atoms with E-state index in [2.05, 4.69) is 15.3 Å². The summed E-state index contributed by atoms with van der Waals surface area (Å²) in [5.74, 6) is -0.867. The van der Waals surface area contributed by atoms with Gasteiger partial charge in [0.1, 0.15) is 5.69 Å². The SMILES string of the molecule is CNC(=O)c1ccc(-c2ccc([C@@H]3CCCN3C(=O)COc3ccccc3F)nc2)cn1. The average Bonchev–Trinajstić information content (AvgIpc) is 3.33. The lowest BCUT2D eigenvalue weighted by atomic mass is 10.1. The number of halogens is 1. The highest BCUT2D eigenvalue weighted by Gasteiger charge is 2.31. The molecule has 0 saturated carbocycles. The van der Waals surface area contributed by atoms with Crippen molar-refractivity contribution in [3.8, 4) is 16.9 Å². The molecule has 3 heterocycles. The van der Waals surface area contributed by atoms with Crippen molar-refractivity contribution in [3.63, 3.8) is 0 Å². The second-order valence-electron chi connectivity index (χ2n) is 7.45. The molecular weight excluding hydrogens is 411 g/mol. The lowest BCUT2D eigenvalue weighted by molar-refractivity contribution is -0.134. The number of carbonyl (C=O) groups is 2. The smallest absolute Gasteiger partial charge is 0.269 e. The summed E-state index contributed by atoms with van der Waals surface area (Å²) in [6.45, 7) is 0.386. The zero-order valence-corrected chi connectivity index (χ0v) is 17.6. The maximum atomic E-state index is 13.7. The quantitative estimate of drug-likeness (QED) is 0.643. The van der Waals surface area contributed by atoms with E-state index in [1.54, 1.807) is 42.5 Å². The van der Waals surface area contributed by atoms with Crippen LogP contribution in [0, 0.1) is 5.82 Å². The number of para-hydroxylation sites is 1. The summed E-state index contributed by atoms with van der Waals surface area (Å²) in [7, 11) is 1.56. The molecule has 0 radical (unpaired) electrons. The van der Waals surface area contributed by atoms with Gasteiger partial charge in [0.2, 0.25) is 0 Å². The molecule has 1 N–H and O–H groups in total. The molecule has 1 aromatic carbocycles. The summed E-state index contributed by atoms with van der Waals surface area (Å²) in [4.78, 5) is 34.9. The van der Waals surface area contributed by atoms with E-state index in [4.69, 9.17) is 4.74 Å². The number of nitrogens with zero attached hydrogens (tertiary/aromatic N) is 3. The molecule has 0 unspecified atom stereocenters. The predicted octanol–water partition coefficient (Wildman–Crippen LogP) is 3.38. The Morgan fingerprint density at radius 1 is 1.09 bits per heavy atom. The molecule has 7 nitrogen and oxygen atoms in total. The molecule has 3 aromatic rings. The van der Waals surface area contributed by atoms with Crippen LogP contribution in [-0.2, 0) is 4.79 Å². The van der Waals surface area contributed by atoms with Crippen molar-refractivity contribution in [2.45, 2.75) is 18.9 Å². The fourth-order valence-electron chi connectivity index (χ4n) is 3.76. The van der Waals surface area contributed by atoms with Gasteiger partial charge in [0.05, 0.1) is 11.7 Å². The Balaban J connectivity index is 1.43. The van der Waals surface area contributed by atoms with E-state index in [-0.39, 0.29) is 30.2 Å². The fraction of sp³-hybridized carbons (Fsp3) is 0.250. The lowest BCUT2D eigenvalue weighted by Gasteiger charge is -2.24. The molecule has 8 heteroatoms. The molecule has 4 rings (SSSR count). The summed E-state index contributed by atoms with van der Waals surface area (Å²) in [6.07, 6.45) is 5.04. The van der Waals surface area contributed by atoms with E-state index in [9.17, 15) is 14.0 Å². The molecular formula is C24H23FN4O3. The number of rotatable bonds is 6. The van der Waals surface area contributed by atoms with Gasteiger partial charge in [-0.2, -0.15) is 0 Å². The lowest BCUT2D eigenvalue weighted by Crippen LogP contribution is -2.34. The van der Waals surface area contributed by atoms with Crippen LogP contribution in [0.4, 0.5) is 4.39 Å². The first-order valence-corrected chi connectivity index (χ1v) is 10.4. The number of nitrogens with one attached hydrogen (secondary N) is 1. The van der Waals surface area contributed by atoms with Gasteiger partial charge in [-0.25, -0.2) is 4.39 Å². The van der Waals surface area contributed by atoms with Crippen molar-refractivity contribution in [1.29, 1.82) is 0 Å². The molecule has 0 aliphatic carbocycles. The Hall–Kier alpha value is -3.81. The predicted molar refractivity (Wildman–Crippen MR) is 116 cm³/mol. The van der Waals surface area contributed by atoms with Crippen molar-refractivity contribution in [1.82, 2.24) is 20.2 Å². The number of amides is 2. The van der Waals surface area contributed by atoms with Gasteiger partial charge in [-0.3, -0.25) is 19.6 Å². The zero-order chi connectivity index (χ0) is 22.5. The topological polar surface area (TPSA) is 84.4 Å². The summed E-state index contributed by atoms with van der Waals surface area (Å²) >= 11 is 0. The summed E-state index contributed by atoms with van der Waals surface area (Å²) in [6, 6.07) is 13.2. The monoisotopic (exact) mass is 434 g/mol. The summed E-state index contributed by atoms with van der Waals surface area (Å²) < 4.78 is 19.1. The number of ether oxygens (including phenoxy) is 1. The number of aromatic nitrogens is 2. The number of pyridine rings is 2. The molecule has 1 fully saturated rings. The Morgan fingerprint density at radius 2 is 1.84 bits per heavy atom. The molecule has 164 valence electrons. The third kappa shape index (κ3) is 4.59. The molecule has 0 bridgehead atoms. The van der Waals surface area contributed by atoms with Crippen molar-refractivity contribution in [2.75, 3.05) is 20.2 Å². The van der Waals surface area contributed by atoms with Gasteiger partial charge in [0.15, 0.2) is 18.2 Å². The molecule has 1 aliphatic heterocycles. The van der Waals surface area contributed by atoms with Crippen LogP contribution in [-0.4, -0.2) is 46.9 Å². The second kappa shape index (κ2) is 9.55. The maximum Gasteiger partial charge on any atom is 0.269 e. The van der Waals surface area contributed by atoms with E-state index in [0.717, 1.165) is 29.7 Å². The molecule has 1 saturated heterocycles. The highest BCUT2D eigenvalue weighted by atomic mass is 19.1. The van der Waals surface area contributed by atoms with Crippen LogP contribution in [0.5, 0.6) is 5.75 Å². The van der Waals surface area contributed by atoms with Crippen LogP contribution in [0.25, 0.3) is 11.1 Å². The Morgan fingerprint density at radius 3 is 2.50 bits per heavy atom. The molecule has 2 aromatic heterocycles. The summed E-state index contributed by atoms with van der Waals surface area (Å²) in [5.41, 5.74) is 2.84. The highest BCUT2D eigenvalue weighted by molar-refractivity contribution is 5.92. The van der Waals surface area contributed by atoms with Gasteiger partial charge < -0.3 is 15.0 Å². The van der Waals surface area contributed by atoms with Gasteiger partial charge in [0.25, 0.3) is 11.8 Å². The van der Waals surface area contributed by atoms with Gasteiger partial charge in [0, 0.05) is 37.1 Å². The minimum absolute atomic E-state index is 0.0649. The standard InChI is InChI=1S/C24H23FN4O3/c1-26-24(31)20-11-9-17(14-28-20)16-8-10-19(27-13-16)21-6-4-12-29(21)23(30)15-32-22-7-3-2-5-18(22)25/h2-3,5,7-11,13-14,21H,4,6,12,15H2,1H3,(H,26,31)/t21-/m0/s1. The zero-order valence-electron chi connectivity index (χ0n) is 17.6. The minimum Gasteiger partial charge on any atom is -0.481 e. The summed E-state index contributed by atoms with van der Waals surface area (Å²) in [5, 5.41) is 2.54.